The SMILES string of the molecule is CC(C)NCC1(Cc2ccc(Cl)c(Cl)c2)CCCCC1. The molecule has 0 saturated heterocycles. The first kappa shape index (κ1) is 16.1. The minimum Gasteiger partial charge on any atom is -0.314 e. The van der Waals surface area contributed by atoms with Crippen LogP contribution >= 0.6 is 23.2 Å². The van der Waals surface area contributed by atoms with Gasteiger partial charge in [0.15, 0.2) is 0 Å². The molecule has 1 aromatic carbocycles. The molecule has 0 spiro atoms. The van der Waals surface area contributed by atoms with E-state index in [1.807, 2.05) is 12.1 Å². The predicted molar refractivity (Wildman–Crippen MR) is 88.8 cm³/mol. The predicted octanol–water partition coefficient (Wildman–Crippen LogP) is 5.48. The van der Waals surface area contributed by atoms with Crippen LogP contribution in [-0.4, -0.2) is 12.6 Å². The van der Waals surface area contributed by atoms with Gasteiger partial charge in [-0.25, -0.2) is 0 Å². The fourth-order valence-corrected chi connectivity index (χ4v) is 3.54. The van der Waals surface area contributed by atoms with E-state index < -0.39 is 0 Å². The molecule has 1 aliphatic carbocycles. The third kappa shape index (κ3) is 4.38. The summed E-state index contributed by atoms with van der Waals surface area (Å²) in [5.74, 6) is 0. The Hall–Kier alpha value is -0.240. The quantitative estimate of drug-likeness (QED) is 0.758. The van der Waals surface area contributed by atoms with Gasteiger partial charge >= 0.3 is 0 Å². The van der Waals surface area contributed by atoms with Crippen molar-refractivity contribution in [3.05, 3.63) is 33.8 Å². The van der Waals surface area contributed by atoms with Crippen LogP contribution in [0.3, 0.4) is 0 Å². The van der Waals surface area contributed by atoms with Crippen LogP contribution < -0.4 is 5.32 Å². The van der Waals surface area contributed by atoms with Crippen LogP contribution in [0.15, 0.2) is 18.2 Å². The normalized spacial score (nSPS) is 18.4. The summed E-state index contributed by atoms with van der Waals surface area (Å²) in [4.78, 5) is 0. The van der Waals surface area contributed by atoms with Crippen LogP contribution in [0.2, 0.25) is 10.0 Å². The topological polar surface area (TPSA) is 12.0 Å². The van der Waals surface area contributed by atoms with Crippen molar-refractivity contribution < 1.29 is 0 Å². The van der Waals surface area contributed by atoms with Crippen LogP contribution in [0.1, 0.15) is 51.5 Å². The summed E-state index contributed by atoms with van der Waals surface area (Å²) in [6.07, 6.45) is 7.80. The number of nitrogens with one attached hydrogen (secondary N) is 1. The average molecular weight is 314 g/mol. The maximum absolute atomic E-state index is 6.16. The Bertz CT molecular complexity index is 437. The van der Waals surface area contributed by atoms with Gasteiger partial charge in [-0.15, -0.1) is 0 Å². The lowest BCUT2D eigenvalue weighted by atomic mass is 9.70. The van der Waals surface area contributed by atoms with Gasteiger partial charge in [0.25, 0.3) is 0 Å². The van der Waals surface area contributed by atoms with Crippen LogP contribution in [-0.2, 0) is 6.42 Å². The Balaban J connectivity index is 2.11. The van der Waals surface area contributed by atoms with Gasteiger partial charge in [-0.1, -0.05) is 62.4 Å². The largest absolute Gasteiger partial charge is 0.314 e. The molecule has 0 aromatic heterocycles. The summed E-state index contributed by atoms with van der Waals surface area (Å²) in [5.41, 5.74) is 1.70. The number of hydrogen-bond donors (Lipinski definition) is 1. The molecule has 0 aliphatic heterocycles. The molecule has 1 fully saturated rings. The van der Waals surface area contributed by atoms with Crippen molar-refractivity contribution in [1.82, 2.24) is 5.32 Å². The molecule has 0 bridgehead atoms. The summed E-state index contributed by atoms with van der Waals surface area (Å²) in [5, 5.41) is 4.96. The van der Waals surface area contributed by atoms with Gasteiger partial charge in [0.1, 0.15) is 0 Å². The molecule has 20 heavy (non-hydrogen) atoms. The van der Waals surface area contributed by atoms with Crippen molar-refractivity contribution in [2.75, 3.05) is 6.54 Å². The summed E-state index contributed by atoms with van der Waals surface area (Å²) >= 11 is 12.2. The second-order valence-electron chi connectivity index (χ2n) is 6.52. The molecule has 0 unspecified atom stereocenters. The van der Waals surface area contributed by atoms with E-state index in [2.05, 4.69) is 25.2 Å². The first-order valence-corrected chi connectivity index (χ1v) is 8.44. The summed E-state index contributed by atoms with van der Waals surface area (Å²) < 4.78 is 0. The smallest absolute Gasteiger partial charge is 0.0595 e. The van der Waals surface area contributed by atoms with Crippen LogP contribution in [0.25, 0.3) is 0 Å². The van der Waals surface area contributed by atoms with Crippen molar-refractivity contribution in [1.29, 1.82) is 0 Å². The zero-order chi connectivity index (χ0) is 14.6. The zero-order valence-corrected chi connectivity index (χ0v) is 14.0. The number of benzene rings is 1. The van der Waals surface area contributed by atoms with Gasteiger partial charge in [-0.2, -0.15) is 0 Å². The van der Waals surface area contributed by atoms with E-state index in [0.29, 0.717) is 21.5 Å². The highest BCUT2D eigenvalue weighted by atomic mass is 35.5. The molecule has 0 atom stereocenters. The molecule has 1 aromatic rings. The first-order chi connectivity index (χ1) is 9.51. The molecule has 2 rings (SSSR count). The maximum Gasteiger partial charge on any atom is 0.0595 e. The van der Waals surface area contributed by atoms with Crippen molar-refractivity contribution in [3.63, 3.8) is 0 Å². The molecule has 1 N–H and O–H groups in total. The van der Waals surface area contributed by atoms with Gasteiger partial charge in [0.2, 0.25) is 0 Å². The van der Waals surface area contributed by atoms with Gasteiger partial charge in [0.05, 0.1) is 10.0 Å². The van der Waals surface area contributed by atoms with Gasteiger partial charge < -0.3 is 5.32 Å². The number of hydrogen-bond acceptors (Lipinski definition) is 1. The van der Waals surface area contributed by atoms with E-state index in [1.54, 1.807) is 0 Å². The third-order valence-electron chi connectivity index (χ3n) is 4.36. The van der Waals surface area contributed by atoms with Crippen molar-refractivity contribution in [2.24, 2.45) is 5.41 Å². The highest BCUT2D eigenvalue weighted by molar-refractivity contribution is 6.42. The van der Waals surface area contributed by atoms with E-state index in [-0.39, 0.29) is 0 Å². The first-order valence-electron chi connectivity index (χ1n) is 7.68. The van der Waals surface area contributed by atoms with Crippen LogP contribution in [0, 0.1) is 5.41 Å². The Labute approximate surface area is 133 Å². The fourth-order valence-electron chi connectivity index (χ4n) is 3.22. The Kier molecular flexibility index (Phi) is 5.77. The molecule has 3 heteroatoms. The Morgan fingerprint density at radius 3 is 2.40 bits per heavy atom. The van der Waals surface area contributed by atoms with Crippen LogP contribution in [0.4, 0.5) is 0 Å². The minimum absolute atomic E-state index is 0.389. The summed E-state index contributed by atoms with van der Waals surface area (Å²) in [7, 11) is 0. The van der Waals surface area contributed by atoms with Gasteiger partial charge in [-0.3, -0.25) is 0 Å². The average Bonchev–Trinajstić information content (AvgIpc) is 2.42. The second-order valence-corrected chi connectivity index (χ2v) is 7.34. The third-order valence-corrected chi connectivity index (χ3v) is 5.10. The van der Waals surface area contributed by atoms with Gasteiger partial charge in [0, 0.05) is 12.6 Å². The Morgan fingerprint density at radius 2 is 1.80 bits per heavy atom. The van der Waals surface area contributed by atoms with Crippen molar-refractivity contribution in [3.8, 4) is 0 Å². The summed E-state index contributed by atoms with van der Waals surface area (Å²) in [6, 6.07) is 6.63. The van der Waals surface area contributed by atoms with E-state index in [9.17, 15) is 0 Å². The molecule has 0 amide bonds. The van der Waals surface area contributed by atoms with E-state index in [4.69, 9.17) is 23.2 Å². The Morgan fingerprint density at radius 1 is 1.10 bits per heavy atom. The molecule has 112 valence electrons. The van der Waals surface area contributed by atoms with E-state index in [1.165, 1.54) is 37.7 Å². The highest BCUT2D eigenvalue weighted by Crippen LogP contribution is 2.39. The van der Waals surface area contributed by atoms with Crippen molar-refractivity contribution in [2.45, 2.75) is 58.4 Å². The lowest BCUT2D eigenvalue weighted by Crippen LogP contribution is -2.40. The standard InChI is InChI=1S/C17H25Cl2N/c1-13(2)20-12-17(8-4-3-5-9-17)11-14-6-7-15(18)16(19)10-14/h6-7,10,13,20H,3-5,8-9,11-12H2,1-2H3. The molecular weight excluding hydrogens is 289 g/mol. The molecule has 1 aliphatic rings. The number of halogens is 2. The van der Waals surface area contributed by atoms with E-state index in [0.717, 1.165) is 13.0 Å². The van der Waals surface area contributed by atoms with E-state index >= 15 is 0 Å². The van der Waals surface area contributed by atoms with Crippen molar-refractivity contribution >= 4 is 23.2 Å². The molecular formula is C17H25Cl2N. The van der Waals surface area contributed by atoms with Crippen LogP contribution in [0.5, 0.6) is 0 Å². The summed E-state index contributed by atoms with van der Waals surface area (Å²) in [6.45, 7) is 5.54. The zero-order valence-electron chi connectivity index (χ0n) is 12.5. The fraction of sp³-hybridized carbons (Fsp3) is 0.647. The molecule has 1 saturated carbocycles. The second kappa shape index (κ2) is 7.15. The molecule has 1 nitrogen and oxygen atoms in total. The molecule has 0 radical (unpaired) electrons. The maximum atomic E-state index is 6.16. The highest BCUT2D eigenvalue weighted by Gasteiger charge is 2.32. The monoisotopic (exact) mass is 313 g/mol. The minimum atomic E-state index is 0.389. The lowest BCUT2D eigenvalue weighted by molar-refractivity contribution is 0.176. The van der Waals surface area contributed by atoms with Gasteiger partial charge in [-0.05, 0) is 42.4 Å². The number of rotatable bonds is 5. The lowest BCUT2D eigenvalue weighted by Gasteiger charge is -2.38. The molecule has 0 heterocycles.